The van der Waals surface area contributed by atoms with E-state index in [-0.39, 0.29) is 0 Å². The lowest BCUT2D eigenvalue weighted by atomic mass is 10.1. The van der Waals surface area contributed by atoms with Crippen LogP contribution in [-0.2, 0) is 0 Å². The second kappa shape index (κ2) is 4.22. The number of H-pyrrole nitrogens is 2. The van der Waals surface area contributed by atoms with Crippen LogP contribution in [0.1, 0.15) is 11.1 Å². The van der Waals surface area contributed by atoms with Gasteiger partial charge in [-0.05, 0) is 11.6 Å². The number of benzene rings is 2. The van der Waals surface area contributed by atoms with Crippen molar-refractivity contribution in [3.05, 3.63) is 65.7 Å². The molecule has 3 heteroatoms. The number of aromatic nitrogens is 3. The molecule has 0 atom stereocenters. The molecule has 0 amide bonds. The van der Waals surface area contributed by atoms with Gasteiger partial charge in [-0.2, -0.15) is 4.80 Å². The topological polar surface area (TPSA) is 36.5 Å². The zero-order valence-electron chi connectivity index (χ0n) is 9.30. The first-order valence-electron chi connectivity index (χ1n) is 5.57. The molecule has 0 aliphatic rings. The molecule has 0 unspecified atom stereocenters. The lowest BCUT2D eigenvalue weighted by Crippen LogP contribution is -1.87. The average molecular weight is 223 g/mol. The molecule has 3 aromatic rings. The zero-order valence-corrected chi connectivity index (χ0v) is 9.30. The van der Waals surface area contributed by atoms with Crippen LogP contribution in [0.2, 0.25) is 0 Å². The van der Waals surface area contributed by atoms with Crippen LogP contribution in [0, 0.1) is 0 Å². The summed E-state index contributed by atoms with van der Waals surface area (Å²) in [5.74, 6) is 0. The van der Waals surface area contributed by atoms with E-state index in [0.29, 0.717) is 0 Å². The SMILES string of the molecule is C(=C\c1ccccc1-n1[nH][nH]1)/c1ccccc1. The van der Waals surface area contributed by atoms with Gasteiger partial charge in [0.1, 0.15) is 0 Å². The van der Waals surface area contributed by atoms with E-state index in [9.17, 15) is 0 Å². The van der Waals surface area contributed by atoms with Crippen molar-refractivity contribution in [2.45, 2.75) is 0 Å². The fraction of sp³-hybridized carbons (Fsp3) is 0. The number of aromatic amines is 2. The molecule has 0 saturated heterocycles. The fourth-order valence-electron chi connectivity index (χ4n) is 1.73. The minimum Gasteiger partial charge on any atom is -0.205 e. The Bertz CT molecular complexity index is 602. The standard InChI is InChI=1S/C14H13N3/c1-2-6-12(7-3-1)10-11-13-8-4-5-9-14(13)17-15-16-17/h1-11,15-16H/b11-10+. The highest BCUT2D eigenvalue weighted by Crippen LogP contribution is 2.16. The van der Waals surface area contributed by atoms with Gasteiger partial charge in [0, 0.05) is 5.56 Å². The number of nitrogens with zero attached hydrogens (tertiary/aromatic N) is 1. The predicted octanol–water partition coefficient (Wildman–Crippen LogP) is 3.30. The molecular formula is C14H13N3. The molecule has 3 rings (SSSR count). The minimum absolute atomic E-state index is 1.12. The van der Waals surface area contributed by atoms with Crippen molar-refractivity contribution in [1.82, 2.24) is 15.2 Å². The van der Waals surface area contributed by atoms with Crippen LogP contribution in [0.4, 0.5) is 0 Å². The van der Waals surface area contributed by atoms with E-state index >= 15 is 0 Å². The van der Waals surface area contributed by atoms with Crippen molar-refractivity contribution in [3.8, 4) is 5.69 Å². The van der Waals surface area contributed by atoms with Crippen molar-refractivity contribution >= 4 is 12.2 Å². The van der Waals surface area contributed by atoms with E-state index in [2.05, 4.69) is 46.8 Å². The Kier molecular flexibility index (Phi) is 2.43. The van der Waals surface area contributed by atoms with Crippen LogP contribution in [-0.4, -0.2) is 15.2 Å². The van der Waals surface area contributed by atoms with Crippen LogP contribution in [0.5, 0.6) is 0 Å². The molecule has 0 spiro atoms. The Balaban J connectivity index is 1.91. The van der Waals surface area contributed by atoms with Crippen LogP contribution in [0.15, 0.2) is 54.6 Å². The molecule has 0 fully saturated rings. The molecule has 0 saturated carbocycles. The molecule has 84 valence electrons. The smallest absolute Gasteiger partial charge is 0.0915 e. The summed E-state index contributed by atoms with van der Waals surface area (Å²) in [6.07, 6.45) is 4.23. The third kappa shape index (κ3) is 2.23. The van der Waals surface area contributed by atoms with Crippen LogP contribution < -0.4 is 0 Å². The average Bonchev–Trinajstić information content (AvgIpc) is 3.22. The first-order chi connectivity index (χ1) is 8.43. The van der Waals surface area contributed by atoms with E-state index in [4.69, 9.17) is 0 Å². The van der Waals surface area contributed by atoms with Crippen LogP contribution >= 0.6 is 0 Å². The molecule has 17 heavy (non-hydrogen) atoms. The van der Waals surface area contributed by atoms with Gasteiger partial charge >= 0.3 is 0 Å². The summed E-state index contributed by atoms with van der Waals surface area (Å²) in [5.41, 5.74) is 3.50. The number of para-hydroxylation sites is 1. The van der Waals surface area contributed by atoms with Gasteiger partial charge in [0.05, 0.1) is 5.69 Å². The molecular weight excluding hydrogens is 210 g/mol. The summed E-state index contributed by atoms with van der Waals surface area (Å²) in [6.45, 7) is 0. The Morgan fingerprint density at radius 1 is 0.765 bits per heavy atom. The Labute approximate surface area is 99.3 Å². The molecule has 1 aromatic heterocycles. The van der Waals surface area contributed by atoms with Crippen molar-refractivity contribution < 1.29 is 0 Å². The zero-order chi connectivity index (χ0) is 11.5. The molecule has 1 heterocycles. The summed E-state index contributed by atoms with van der Waals surface area (Å²) in [4.78, 5) is 1.88. The Morgan fingerprint density at radius 3 is 2.24 bits per heavy atom. The third-order valence-electron chi connectivity index (χ3n) is 2.66. The monoisotopic (exact) mass is 223 g/mol. The maximum atomic E-state index is 2.94. The van der Waals surface area contributed by atoms with E-state index in [1.54, 1.807) is 0 Å². The van der Waals surface area contributed by atoms with E-state index in [1.807, 2.05) is 35.1 Å². The lowest BCUT2D eigenvalue weighted by Gasteiger charge is -1.99. The molecule has 2 N–H and O–H groups in total. The van der Waals surface area contributed by atoms with Gasteiger partial charge in [0.25, 0.3) is 0 Å². The van der Waals surface area contributed by atoms with Gasteiger partial charge in [-0.3, -0.25) is 0 Å². The summed E-state index contributed by atoms with van der Waals surface area (Å²) >= 11 is 0. The van der Waals surface area contributed by atoms with Gasteiger partial charge in [-0.15, -0.1) is 0 Å². The van der Waals surface area contributed by atoms with Gasteiger partial charge in [-0.25, -0.2) is 10.4 Å². The number of nitrogens with one attached hydrogen (secondary N) is 2. The number of hydrogen-bond acceptors (Lipinski definition) is 0. The quantitative estimate of drug-likeness (QED) is 0.639. The van der Waals surface area contributed by atoms with Crippen LogP contribution in [0.25, 0.3) is 17.8 Å². The summed E-state index contributed by atoms with van der Waals surface area (Å²) in [6, 6.07) is 18.5. The maximum Gasteiger partial charge on any atom is 0.0915 e. The minimum atomic E-state index is 1.12. The predicted molar refractivity (Wildman–Crippen MR) is 69.8 cm³/mol. The summed E-state index contributed by atoms with van der Waals surface area (Å²) in [7, 11) is 0. The van der Waals surface area contributed by atoms with E-state index in [0.717, 1.165) is 5.69 Å². The lowest BCUT2D eigenvalue weighted by molar-refractivity contribution is 1.05. The van der Waals surface area contributed by atoms with E-state index in [1.165, 1.54) is 11.1 Å². The van der Waals surface area contributed by atoms with Gasteiger partial charge in [-0.1, -0.05) is 60.7 Å². The highest BCUT2D eigenvalue weighted by atomic mass is 15.7. The second-order valence-corrected chi connectivity index (χ2v) is 3.86. The van der Waals surface area contributed by atoms with Crippen molar-refractivity contribution in [2.24, 2.45) is 0 Å². The number of rotatable bonds is 3. The fourth-order valence-corrected chi connectivity index (χ4v) is 1.73. The first-order valence-corrected chi connectivity index (χ1v) is 5.57. The van der Waals surface area contributed by atoms with Gasteiger partial charge < -0.3 is 0 Å². The first kappa shape index (κ1) is 9.78. The normalized spacial score (nSPS) is 11.3. The molecule has 2 aromatic carbocycles. The van der Waals surface area contributed by atoms with Crippen LogP contribution in [0.3, 0.4) is 0 Å². The summed E-state index contributed by atoms with van der Waals surface area (Å²) in [5, 5.41) is 5.88. The van der Waals surface area contributed by atoms with Gasteiger partial charge in [0.2, 0.25) is 0 Å². The highest BCUT2D eigenvalue weighted by molar-refractivity contribution is 5.73. The molecule has 0 radical (unpaired) electrons. The molecule has 0 aliphatic carbocycles. The Hall–Kier alpha value is -2.42. The molecule has 0 bridgehead atoms. The van der Waals surface area contributed by atoms with Crippen molar-refractivity contribution in [1.29, 1.82) is 0 Å². The number of hydrogen-bond donors (Lipinski definition) is 2. The molecule has 0 aliphatic heterocycles. The van der Waals surface area contributed by atoms with Crippen molar-refractivity contribution in [2.75, 3.05) is 0 Å². The Morgan fingerprint density at radius 2 is 1.47 bits per heavy atom. The van der Waals surface area contributed by atoms with Crippen molar-refractivity contribution in [3.63, 3.8) is 0 Å². The van der Waals surface area contributed by atoms with Gasteiger partial charge in [0.15, 0.2) is 0 Å². The second-order valence-electron chi connectivity index (χ2n) is 3.86. The van der Waals surface area contributed by atoms with E-state index < -0.39 is 0 Å². The highest BCUT2D eigenvalue weighted by Gasteiger charge is 2.03. The third-order valence-corrected chi connectivity index (χ3v) is 2.66. The maximum absolute atomic E-state index is 2.94. The molecule has 3 nitrogen and oxygen atoms in total. The summed E-state index contributed by atoms with van der Waals surface area (Å²) < 4.78 is 0. The largest absolute Gasteiger partial charge is 0.205 e.